The number of morpholine rings is 1. The summed E-state index contributed by atoms with van der Waals surface area (Å²) in [6.45, 7) is 4.79. The highest BCUT2D eigenvalue weighted by atomic mass is 32.2. The Labute approximate surface area is 106 Å². The third-order valence-electron chi connectivity index (χ3n) is 2.72. The highest BCUT2D eigenvalue weighted by Gasteiger charge is 2.20. The molecule has 2 rings (SSSR count). The zero-order chi connectivity index (χ0) is 12.1. The Morgan fingerprint density at radius 1 is 1.35 bits per heavy atom. The van der Waals surface area contributed by atoms with Gasteiger partial charge in [0.05, 0.1) is 18.8 Å². The summed E-state index contributed by atoms with van der Waals surface area (Å²) in [4.78, 5) is 15.3. The Balaban J connectivity index is 2.17. The predicted molar refractivity (Wildman–Crippen MR) is 69.6 cm³/mol. The molecule has 0 radical (unpaired) electrons. The minimum absolute atomic E-state index is 0.129. The number of hydrogen-bond donors (Lipinski definition) is 0. The molecule has 17 heavy (non-hydrogen) atoms. The summed E-state index contributed by atoms with van der Waals surface area (Å²) in [6.07, 6.45) is 0. The summed E-state index contributed by atoms with van der Waals surface area (Å²) in [5.74, 6) is 1.11. The Hall–Kier alpha value is -1.00. The van der Waals surface area contributed by atoms with Crippen LogP contribution in [0.2, 0.25) is 0 Å². The van der Waals surface area contributed by atoms with E-state index in [0.717, 1.165) is 16.2 Å². The lowest BCUT2D eigenvalue weighted by Gasteiger charge is -2.27. The summed E-state index contributed by atoms with van der Waals surface area (Å²) in [5, 5.41) is 0. The highest BCUT2D eigenvalue weighted by Crippen LogP contribution is 2.23. The molecule has 1 fully saturated rings. The number of carbonyl (C=O) groups excluding carboxylic acids is 1. The Bertz CT molecular complexity index is 389. The molecule has 1 amide bonds. The molecule has 0 unspecified atom stereocenters. The molecule has 0 aromatic heterocycles. The molecule has 0 bridgehead atoms. The van der Waals surface area contributed by atoms with Crippen molar-refractivity contribution >= 4 is 17.7 Å². The first-order valence-corrected chi connectivity index (χ1v) is 6.90. The van der Waals surface area contributed by atoms with Crippen LogP contribution in [0.1, 0.15) is 17.3 Å². The van der Waals surface area contributed by atoms with Crippen molar-refractivity contribution in [3.63, 3.8) is 0 Å². The van der Waals surface area contributed by atoms with Crippen LogP contribution in [0.4, 0.5) is 0 Å². The quantitative estimate of drug-likeness (QED) is 0.772. The first-order chi connectivity index (χ1) is 8.33. The van der Waals surface area contributed by atoms with E-state index >= 15 is 0 Å². The van der Waals surface area contributed by atoms with E-state index in [4.69, 9.17) is 4.74 Å². The molecular formula is C13H17NO2S. The van der Waals surface area contributed by atoms with Crippen LogP contribution in [0, 0.1) is 0 Å². The van der Waals surface area contributed by atoms with Crippen LogP contribution in [0.25, 0.3) is 0 Å². The molecule has 3 nitrogen and oxygen atoms in total. The third-order valence-corrected chi connectivity index (χ3v) is 3.67. The molecule has 0 N–H and O–H groups in total. The minimum atomic E-state index is 0.129. The average Bonchev–Trinajstić information content (AvgIpc) is 2.40. The number of benzene rings is 1. The van der Waals surface area contributed by atoms with Crippen LogP contribution in [-0.4, -0.2) is 42.9 Å². The topological polar surface area (TPSA) is 29.5 Å². The van der Waals surface area contributed by atoms with Crippen LogP contribution < -0.4 is 0 Å². The summed E-state index contributed by atoms with van der Waals surface area (Å²) in [7, 11) is 0. The van der Waals surface area contributed by atoms with E-state index in [1.807, 2.05) is 29.2 Å². The smallest absolute Gasteiger partial charge is 0.255 e. The third kappa shape index (κ3) is 3.01. The molecule has 0 saturated carbocycles. The number of ether oxygens (including phenoxy) is 1. The van der Waals surface area contributed by atoms with Gasteiger partial charge in [0.1, 0.15) is 0 Å². The largest absolute Gasteiger partial charge is 0.378 e. The van der Waals surface area contributed by atoms with Crippen molar-refractivity contribution < 1.29 is 9.53 Å². The molecule has 4 heteroatoms. The standard InChI is InChI=1S/C13H17NO2S/c1-2-17-12-6-4-3-5-11(12)13(15)14-7-9-16-10-8-14/h3-6H,2,7-10H2,1H3. The zero-order valence-electron chi connectivity index (χ0n) is 10.0. The molecule has 1 aromatic rings. The van der Waals surface area contributed by atoms with Gasteiger partial charge < -0.3 is 9.64 Å². The van der Waals surface area contributed by atoms with Crippen LogP contribution in [-0.2, 0) is 4.74 Å². The second-order valence-corrected chi connectivity index (χ2v) is 5.14. The van der Waals surface area contributed by atoms with E-state index in [1.54, 1.807) is 11.8 Å². The fourth-order valence-electron chi connectivity index (χ4n) is 1.86. The number of nitrogens with zero attached hydrogens (tertiary/aromatic N) is 1. The molecule has 1 aliphatic rings. The number of hydrogen-bond acceptors (Lipinski definition) is 3. The van der Waals surface area contributed by atoms with Gasteiger partial charge in [-0.05, 0) is 17.9 Å². The van der Waals surface area contributed by atoms with Crippen molar-refractivity contribution in [2.24, 2.45) is 0 Å². The zero-order valence-corrected chi connectivity index (χ0v) is 10.8. The van der Waals surface area contributed by atoms with E-state index in [0.29, 0.717) is 26.3 Å². The van der Waals surface area contributed by atoms with Gasteiger partial charge in [-0.25, -0.2) is 0 Å². The van der Waals surface area contributed by atoms with Crippen LogP contribution in [0.5, 0.6) is 0 Å². The first-order valence-electron chi connectivity index (χ1n) is 5.91. The maximum Gasteiger partial charge on any atom is 0.255 e. The second-order valence-electron chi connectivity index (χ2n) is 3.83. The number of amides is 1. The van der Waals surface area contributed by atoms with Crippen molar-refractivity contribution in [2.75, 3.05) is 32.1 Å². The molecule has 0 spiro atoms. The number of thioether (sulfide) groups is 1. The van der Waals surface area contributed by atoms with E-state index in [2.05, 4.69) is 6.92 Å². The lowest BCUT2D eigenvalue weighted by molar-refractivity contribution is 0.0300. The highest BCUT2D eigenvalue weighted by molar-refractivity contribution is 7.99. The first kappa shape index (κ1) is 12.5. The number of rotatable bonds is 3. The van der Waals surface area contributed by atoms with Crippen LogP contribution >= 0.6 is 11.8 Å². The van der Waals surface area contributed by atoms with Gasteiger partial charge in [-0.1, -0.05) is 19.1 Å². The van der Waals surface area contributed by atoms with Crippen molar-refractivity contribution in [2.45, 2.75) is 11.8 Å². The minimum Gasteiger partial charge on any atom is -0.378 e. The van der Waals surface area contributed by atoms with Crippen LogP contribution in [0.3, 0.4) is 0 Å². The van der Waals surface area contributed by atoms with Crippen molar-refractivity contribution in [1.29, 1.82) is 0 Å². The maximum atomic E-state index is 12.4. The summed E-state index contributed by atoms with van der Waals surface area (Å²) in [5.41, 5.74) is 0.821. The molecule has 1 saturated heterocycles. The van der Waals surface area contributed by atoms with Gasteiger partial charge in [-0.15, -0.1) is 11.8 Å². The van der Waals surface area contributed by atoms with E-state index < -0.39 is 0 Å². The van der Waals surface area contributed by atoms with Gasteiger partial charge in [0, 0.05) is 18.0 Å². The monoisotopic (exact) mass is 251 g/mol. The van der Waals surface area contributed by atoms with Gasteiger partial charge >= 0.3 is 0 Å². The van der Waals surface area contributed by atoms with Gasteiger partial charge in [-0.2, -0.15) is 0 Å². The molecule has 1 heterocycles. The molecule has 1 aliphatic heterocycles. The maximum absolute atomic E-state index is 12.4. The summed E-state index contributed by atoms with van der Waals surface area (Å²) >= 11 is 1.72. The van der Waals surface area contributed by atoms with Crippen molar-refractivity contribution in [1.82, 2.24) is 4.90 Å². The van der Waals surface area contributed by atoms with Gasteiger partial charge in [0.25, 0.3) is 5.91 Å². The normalized spacial score (nSPS) is 15.9. The Morgan fingerprint density at radius 2 is 2.06 bits per heavy atom. The Morgan fingerprint density at radius 3 is 2.76 bits per heavy atom. The lowest BCUT2D eigenvalue weighted by Crippen LogP contribution is -2.40. The number of carbonyl (C=O) groups is 1. The van der Waals surface area contributed by atoms with E-state index in [9.17, 15) is 4.79 Å². The summed E-state index contributed by atoms with van der Waals surface area (Å²) < 4.78 is 5.26. The fraction of sp³-hybridized carbons (Fsp3) is 0.462. The summed E-state index contributed by atoms with van der Waals surface area (Å²) in [6, 6.07) is 7.83. The van der Waals surface area contributed by atoms with Crippen LogP contribution in [0.15, 0.2) is 29.2 Å². The SMILES string of the molecule is CCSc1ccccc1C(=O)N1CCOCC1. The van der Waals surface area contributed by atoms with Crippen molar-refractivity contribution in [3.8, 4) is 0 Å². The average molecular weight is 251 g/mol. The van der Waals surface area contributed by atoms with Gasteiger partial charge in [0.2, 0.25) is 0 Å². The Kier molecular flexibility index (Phi) is 4.45. The van der Waals surface area contributed by atoms with Crippen molar-refractivity contribution in [3.05, 3.63) is 29.8 Å². The van der Waals surface area contributed by atoms with E-state index in [-0.39, 0.29) is 5.91 Å². The molecule has 0 aliphatic carbocycles. The molecule has 1 aromatic carbocycles. The fourth-order valence-corrected chi connectivity index (χ4v) is 2.66. The molecule has 0 atom stereocenters. The predicted octanol–water partition coefficient (Wildman–Crippen LogP) is 2.27. The van der Waals surface area contributed by atoms with E-state index in [1.165, 1.54) is 0 Å². The second kappa shape index (κ2) is 6.07. The molecule has 92 valence electrons. The van der Waals surface area contributed by atoms with Gasteiger partial charge in [-0.3, -0.25) is 4.79 Å². The van der Waals surface area contributed by atoms with Gasteiger partial charge in [0.15, 0.2) is 0 Å². The lowest BCUT2D eigenvalue weighted by atomic mass is 10.2. The molecular weight excluding hydrogens is 234 g/mol.